The van der Waals surface area contributed by atoms with Crippen LogP contribution in [0.15, 0.2) is 24.3 Å². The summed E-state index contributed by atoms with van der Waals surface area (Å²) in [5.74, 6) is -1.90. The number of ether oxygens (including phenoxy) is 3. The van der Waals surface area contributed by atoms with Crippen LogP contribution >= 0.6 is 0 Å². The Kier molecular flexibility index (Phi) is 8.57. The van der Waals surface area contributed by atoms with E-state index in [9.17, 15) is 18.8 Å². The van der Waals surface area contributed by atoms with Crippen LogP contribution in [0.5, 0.6) is 0 Å². The Labute approximate surface area is 219 Å². The number of fused-ring (bicyclic) bond motifs is 1. The number of esters is 1. The SMILES string of the molecule is CO[C@H]([C@@H](C)C(=O)N[C@@H](Cc1ccccc1F)C(=O)OC(C)(C)C)[C@@H]1C[C@@H]2CC2N1C(=O)OC(C)(C)C. The number of amides is 2. The van der Waals surface area contributed by atoms with Crippen LogP contribution in [0.25, 0.3) is 0 Å². The molecule has 2 fully saturated rings. The molecule has 0 aromatic heterocycles. The van der Waals surface area contributed by atoms with Crippen molar-refractivity contribution in [3.8, 4) is 0 Å². The zero-order chi connectivity index (χ0) is 27.7. The number of carbonyl (C=O) groups excluding carboxylic acids is 3. The molecular weight excluding hydrogens is 479 g/mol. The third-order valence-corrected chi connectivity index (χ3v) is 6.70. The van der Waals surface area contributed by atoms with Gasteiger partial charge >= 0.3 is 12.1 Å². The Bertz CT molecular complexity index is 1000. The standard InChI is InChI=1S/C28H41FN2O6/c1-16(23(35-8)22-15-18-14-21(18)31(22)26(34)37-28(5,6)7)24(32)30-20(25(33)36-27(2,3)4)13-17-11-9-10-12-19(17)29/h9-12,16,18,20-23H,13-15H2,1-8H3,(H,30,32)/t16-,18+,20+,21?,22+,23-/m1/s1. The number of halogens is 1. The Balaban J connectivity index is 1.77. The Hall–Kier alpha value is -2.68. The molecule has 9 heteroatoms. The number of hydrogen-bond donors (Lipinski definition) is 1. The molecule has 1 heterocycles. The van der Waals surface area contributed by atoms with Gasteiger partial charge in [0.1, 0.15) is 23.1 Å². The fraction of sp³-hybridized carbons (Fsp3) is 0.679. The number of hydrogen-bond acceptors (Lipinski definition) is 6. The topological polar surface area (TPSA) is 94.2 Å². The van der Waals surface area contributed by atoms with Gasteiger partial charge < -0.3 is 19.5 Å². The average Bonchev–Trinajstić information content (AvgIpc) is 3.42. The quantitative estimate of drug-likeness (QED) is 0.515. The maximum Gasteiger partial charge on any atom is 0.410 e. The summed E-state index contributed by atoms with van der Waals surface area (Å²) in [5.41, 5.74) is -1.14. The highest BCUT2D eigenvalue weighted by atomic mass is 19.1. The molecule has 2 aliphatic rings. The summed E-state index contributed by atoms with van der Waals surface area (Å²) in [6.45, 7) is 12.3. The van der Waals surface area contributed by atoms with Gasteiger partial charge in [0.05, 0.1) is 18.1 Å². The number of rotatable bonds is 8. The maximum absolute atomic E-state index is 14.4. The van der Waals surface area contributed by atoms with Gasteiger partial charge in [0.2, 0.25) is 5.91 Å². The molecule has 1 aliphatic heterocycles. The molecule has 1 saturated heterocycles. The first-order valence-corrected chi connectivity index (χ1v) is 12.9. The van der Waals surface area contributed by atoms with Crippen LogP contribution in [0.4, 0.5) is 9.18 Å². The predicted molar refractivity (Wildman–Crippen MR) is 136 cm³/mol. The summed E-state index contributed by atoms with van der Waals surface area (Å²) >= 11 is 0. The van der Waals surface area contributed by atoms with E-state index < -0.39 is 53.1 Å². The first-order chi connectivity index (χ1) is 17.1. The lowest BCUT2D eigenvalue weighted by Crippen LogP contribution is -2.54. The van der Waals surface area contributed by atoms with Crippen LogP contribution in [-0.2, 0) is 30.2 Å². The van der Waals surface area contributed by atoms with Crippen LogP contribution in [-0.4, -0.2) is 65.4 Å². The van der Waals surface area contributed by atoms with Gasteiger partial charge in [0.25, 0.3) is 0 Å². The van der Waals surface area contributed by atoms with Gasteiger partial charge in [-0.15, -0.1) is 0 Å². The molecule has 1 aromatic rings. The predicted octanol–water partition coefficient (Wildman–Crippen LogP) is 4.24. The van der Waals surface area contributed by atoms with Gasteiger partial charge in [-0.1, -0.05) is 25.1 Å². The number of nitrogens with zero attached hydrogens (tertiary/aromatic N) is 1. The highest BCUT2D eigenvalue weighted by molar-refractivity contribution is 5.86. The molecule has 0 spiro atoms. The molecule has 37 heavy (non-hydrogen) atoms. The van der Waals surface area contributed by atoms with E-state index in [0.717, 1.165) is 6.42 Å². The summed E-state index contributed by atoms with van der Waals surface area (Å²) in [5, 5.41) is 2.76. The van der Waals surface area contributed by atoms with E-state index in [2.05, 4.69) is 5.32 Å². The summed E-state index contributed by atoms with van der Waals surface area (Å²) in [6.07, 6.45) is 0.535. The number of likely N-dealkylation sites (tertiary alicyclic amines) is 1. The summed E-state index contributed by atoms with van der Waals surface area (Å²) in [7, 11) is 1.51. The second-order valence-corrected chi connectivity index (χ2v) is 12.1. The highest BCUT2D eigenvalue weighted by Crippen LogP contribution is 2.50. The van der Waals surface area contributed by atoms with E-state index in [0.29, 0.717) is 17.9 Å². The summed E-state index contributed by atoms with van der Waals surface area (Å²) in [6, 6.07) is 4.77. The number of piperidine rings is 1. The molecule has 3 rings (SSSR count). The van der Waals surface area contributed by atoms with E-state index in [-0.39, 0.29) is 18.5 Å². The van der Waals surface area contributed by atoms with Gasteiger partial charge in [-0.25, -0.2) is 14.0 Å². The normalized spacial score (nSPS) is 23.5. The molecule has 2 amide bonds. The van der Waals surface area contributed by atoms with Gasteiger partial charge in [0, 0.05) is 19.6 Å². The minimum atomic E-state index is -1.09. The van der Waals surface area contributed by atoms with Crippen LogP contribution in [0.2, 0.25) is 0 Å². The monoisotopic (exact) mass is 520 g/mol. The van der Waals surface area contributed by atoms with E-state index in [1.807, 2.05) is 20.8 Å². The lowest BCUT2D eigenvalue weighted by molar-refractivity contribution is -0.159. The van der Waals surface area contributed by atoms with Crippen molar-refractivity contribution < 1.29 is 33.0 Å². The van der Waals surface area contributed by atoms with E-state index in [1.165, 1.54) is 13.2 Å². The summed E-state index contributed by atoms with van der Waals surface area (Å²) < 4.78 is 31.3. The average molecular weight is 521 g/mol. The molecule has 1 aliphatic carbocycles. The van der Waals surface area contributed by atoms with Crippen LogP contribution in [0, 0.1) is 17.7 Å². The Morgan fingerprint density at radius 3 is 2.24 bits per heavy atom. The first-order valence-electron chi connectivity index (χ1n) is 12.9. The van der Waals surface area contributed by atoms with Crippen LogP contribution in [0.1, 0.15) is 66.9 Å². The molecule has 1 aromatic carbocycles. The molecule has 1 saturated carbocycles. The number of nitrogens with one attached hydrogen (secondary N) is 1. The van der Waals surface area contributed by atoms with Crippen LogP contribution in [0.3, 0.4) is 0 Å². The number of carbonyl (C=O) groups is 3. The number of benzene rings is 1. The largest absolute Gasteiger partial charge is 0.458 e. The van der Waals surface area contributed by atoms with Gasteiger partial charge in [-0.3, -0.25) is 9.69 Å². The molecular formula is C28H41FN2O6. The van der Waals surface area contributed by atoms with Crippen molar-refractivity contribution in [3.05, 3.63) is 35.6 Å². The van der Waals surface area contributed by atoms with E-state index in [4.69, 9.17) is 14.2 Å². The minimum absolute atomic E-state index is 0.0602. The Morgan fingerprint density at radius 2 is 1.68 bits per heavy atom. The van der Waals surface area contributed by atoms with Crippen molar-refractivity contribution in [1.29, 1.82) is 0 Å². The smallest absolute Gasteiger partial charge is 0.410 e. The first kappa shape index (κ1) is 28.9. The fourth-order valence-corrected chi connectivity index (χ4v) is 4.97. The Morgan fingerprint density at radius 1 is 1.05 bits per heavy atom. The van der Waals surface area contributed by atoms with Crippen LogP contribution < -0.4 is 5.32 Å². The van der Waals surface area contributed by atoms with Crippen molar-refractivity contribution in [2.45, 2.75) is 103 Å². The van der Waals surface area contributed by atoms with Gasteiger partial charge in [0.15, 0.2) is 0 Å². The molecule has 6 atom stereocenters. The molecule has 0 bridgehead atoms. The minimum Gasteiger partial charge on any atom is -0.458 e. The lowest BCUT2D eigenvalue weighted by atomic mass is 9.93. The molecule has 8 nitrogen and oxygen atoms in total. The molecule has 206 valence electrons. The van der Waals surface area contributed by atoms with Crippen molar-refractivity contribution in [2.24, 2.45) is 11.8 Å². The lowest BCUT2D eigenvalue weighted by Gasteiger charge is -2.36. The molecule has 1 unspecified atom stereocenters. The van der Waals surface area contributed by atoms with E-state index in [1.54, 1.807) is 50.8 Å². The van der Waals surface area contributed by atoms with Gasteiger partial charge in [-0.2, -0.15) is 0 Å². The molecule has 0 radical (unpaired) electrons. The zero-order valence-electron chi connectivity index (χ0n) is 23.2. The van der Waals surface area contributed by atoms with E-state index >= 15 is 0 Å². The highest BCUT2D eigenvalue weighted by Gasteiger charge is 2.58. The third-order valence-electron chi connectivity index (χ3n) is 6.70. The number of methoxy groups -OCH3 is 1. The van der Waals surface area contributed by atoms with Crippen molar-refractivity contribution in [3.63, 3.8) is 0 Å². The van der Waals surface area contributed by atoms with Crippen molar-refractivity contribution >= 4 is 18.0 Å². The second kappa shape index (κ2) is 11.0. The zero-order valence-corrected chi connectivity index (χ0v) is 23.2. The van der Waals surface area contributed by atoms with Crippen molar-refractivity contribution in [1.82, 2.24) is 10.2 Å². The second-order valence-electron chi connectivity index (χ2n) is 12.1. The molecule has 1 N–H and O–H groups in total. The maximum atomic E-state index is 14.4. The fourth-order valence-electron chi connectivity index (χ4n) is 4.97. The van der Waals surface area contributed by atoms with Crippen molar-refractivity contribution in [2.75, 3.05) is 7.11 Å². The third kappa shape index (κ3) is 7.43. The van der Waals surface area contributed by atoms with Gasteiger partial charge in [-0.05, 0) is 71.9 Å². The summed E-state index contributed by atoms with van der Waals surface area (Å²) in [4.78, 5) is 41.1.